The van der Waals surface area contributed by atoms with Gasteiger partial charge in [-0.1, -0.05) is 13.0 Å². The molecule has 3 N–H and O–H groups in total. The molecule has 1 aromatic heterocycles. The van der Waals surface area contributed by atoms with E-state index in [1.807, 2.05) is 44.3 Å². The number of amides is 1. The van der Waals surface area contributed by atoms with Gasteiger partial charge in [0.05, 0.1) is 0 Å². The number of H-pyrrole nitrogens is 1. The molecule has 0 aliphatic carbocycles. The van der Waals surface area contributed by atoms with Crippen LogP contribution < -0.4 is 5.32 Å². The molecule has 0 radical (unpaired) electrons. The quantitative estimate of drug-likeness (QED) is 0.773. The normalized spacial score (nSPS) is 14.3. The van der Waals surface area contributed by atoms with Crippen LogP contribution in [0.1, 0.15) is 37.0 Å². The van der Waals surface area contributed by atoms with Crippen molar-refractivity contribution < 1.29 is 9.90 Å². The van der Waals surface area contributed by atoms with E-state index in [4.69, 9.17) is 5.11 Å². The number of hydrogen-bond donors (Lipinski definition) is 3. The van der Waals surface area contributed by atoms with Gasteiger partial charge in [-0.15, -0.1) is 0 Å². The Balaban J connectivity index is 2.18. The van der Waals surface area contributed by atoms with E-state index in [0.717, 1.165) is 17.3 Å². The van der Waals surface area contributed by atoms with Crippen LogP contribution in [0.5, 0.6) is 0 Å². The Morgan fingerprint density at radius 3 is 2.89 bits per heavy atom. The van der Waals surface area contributed by atoms with Gasteiger partial charge in [-0.05, 0) is 43.4 Å². The smallest absolute Gasteiger partial charge is 0.251 e. The summed E-state index contributed by atoms with van der Waals surface area (Å²) < 4.78 is 0. The van der Waals surface area contributed by atoms with E-state index in [1.54, 1.807) is 0 Å². The first-order valence-electron chi connectivity index (χ1n) is 6.58. The largest absolute Gasteiger partial charge is 0.396 e. The SMILES string of the molecule is CC[C@](C)(CCO)NC(=O)c1ccc2cc[nH]c2c1. The average molecular weight is 260 g/mol. The molecule has 1 aromatic carbocycles. The van der Waals surface area contributed by atoms with E-state index < -0.39 is 0 Å². The number of aliphatic hydroxyl groups excluding tert-OH is 1. The highest BCUT2D eigenvalue weighted by Gasteiger charge is 2.24. The lowest BCUT2D eigenvalue weighted by molar-refractivity contribution is 0.0886. The summed E-state index contributed by atoms with van der Waals surface area (Å²) in [7, 11) is 0. The van der Waals surface area contributed by atoms with Crippen LogP contribution in [0, 0.1) is 0 Å². The van der Waals surface area contributed by atoms with Gasteiger partial charge in [-0.2, -0.15) is 0 Å². The number of carbonyl (C=O) groups is 1. The molecule has 0 saturated heterocycles. The van der Waals surface area contributed by atoms with Gasteiger partial charge in [0, 0.05) is 29.4 Å². The van der Waals surface area contributed by atoms with Gasteiger partial charge in [-0.3, -0.25) is 4.79 Å². The molecule has 0 bridgehead atoms. The van der Waals surface area contributed by atoms with E-state index >= 15 is 0 Å². The van der Waals surface area contributed by atoms with Crippen molar-refractivity contribution >= 4 is 16.8 Å². The van der Waals surface area contributed by atoms with Crippen LogP contribution in [0.3, 0.4) is 0 Å². The Labute approximate surface area is 112 Å². The van der Waals surface area contributed by atoms with E-state index in [9.17, 15) is 4.79 Å². The van der Waals surface area contributed by atoms with Gasteiger partial charge in [-0.25, -0.2) is 0 Å². The number of fused-ring (bicyclic) bond motifs is 1. The standard InChI is InChI=1S/C15H20N2O2/c1-3-15(2,7-9-18)17-14(19)12-5-4-11-6-8-16-13(11)10-12/h4-6,8,10,16,18H,3,7,9H2,1-2H3,(H,17,19)/t15-/m1/s1. The topological polar surface area (TPSA) is 65.1 Å². The Morgan fingerprint density at radius 2 is 2.21 bits per heavy atom. The Kier molecular flexibility index (Phi) is 3.90. The van der Waals surface area contributed by atoms with Crippen molar-refractivity contribution in [3.63, 3.8) is 0 Å². The summed E-state index contributed by atoms with van der Waals surface area (Å²) in [6, 6.07) is 7.56. The van der Waals surface area contributed by atoms with Crippen molar-refractivity contribution in [2.24, 2.45) is 0 Å². The van der Waals surface area contributed by atoms with Crippen LogP contribution in [0.15, 0.2) is 30.5 Å². The number of aromatic nitrogens is 1. The summed E-state index contributed by atoms with van der Waals surface area (Å²) in [6.45, 7) is 4.03. The van der Waals surface area contributed by atoms with Gasteiger partial charge in [0.25, 0.3) is 5.91 Å². The molecule has 0 aliphatic rings. The maximum absolute atomic E-state index is 12.3. The monoisotopic (exact) mass is 260 g/mol. The number of aromatic amines is 1. The lowest BCUT2D eigenvalue weighted by atomic mass is 9.94. The summed E-state index contributed by atoms with van der Waals surface area (Å²) in [6.07, 6.45) is 3.19. The Hall–Kier alpha value is -1.81. The first kappa shape index (κ1) is 13.6. The average Bonchev–Trinajstić information content (AvgIpc) is 2.86. The van der Waals surface area contributed by atoms with E-state index in [2.05, 4.69) is 10.3 Å². The molecule has 19 heavy (non-hydrogen) atoms. The highest BCUT2D eigenvalue weighted by atomic mass is 16.3. The van der Waals surface area contributed by atoms with Crippen LogP contribution in [0.2, 0.25) is 0 Å². The van der Waals surface area contributed by atoms with Crippen LogP contribution in [-0.4, -0.2) is 28.1 Å². The molecule has 0 saturated carbocycles. The Bertz CT molecular complexity index is 576. The van der Waals surface area contributed by atoms with Crippen LogP contribution in [0.4, 0.5) is 0 Å². The van der Waals surface area contributed by atoms with Crippen LogP contribution >= 0.6 is 0 Å². The fourth-order valence-corrected chi connectivity index (χ4v) is 2.11. The van der Waals surface area contributed by atoms with Crippen molar-refractivity contribution in [2.45, 2.75) is 32.2 Å². The molecule has 4 heteroatoms. The summed E-state index contributed by atoms with van der Waals surface area (Å²) in [5.74, 6) is -0.102. The van der Waals surface area contributed by atoms with E-state index in [1.165, 1.54) is 0 Å². The molecule has 0 spiro atoms. The molecular formula is C15H20N2O2. The number of hydrogen-bond acceptors (Lipinski definition) is 2. The second kappa shape index (κ2) is 5.45. The highest BCUT2D eigenvalue weighted by Crippen LogP contribution is 2.17. The fraction of sp³-hybridized carbons (Fsp3) is 0.400. The van der Waals surface area contributed by atoms with Gasteiger partial charge in [0.1, 0.15) is 0 Å². The maximum Gasteiger partial charge on any atom is 0.251 e. The molecule has 2 aromatic rings. The van der Waals surface area contributed by atoms with E-state index in [0.29, 0.717) is 12.0 Å². The summed E-state index contributed by atoms with van der Waals surface area (Å²) >= 11 is 0. The summed E-state index contributed by atoms with van der Waals surface area (Å²) in [5, 5.41) is 13.2. The molecule has 2 rings (SSSR count). The molecule has 1 atom stereocenters. The molecule has 1 amide bonds. The zero-order valence-corrected chi connectivity index (χ0v) is 11.4. The first-order valence-corrected chi connectivity index (χ1v) is 6.58. The fourth-order valence-electron chi connectivity index (χ4n) is 2.11. The molecule has 0 aliphatic heterocycles. The van der Waals surface area contributed by atoms with Crippen molar-refractivity contribution in [2.75, 3.05) is 6.61 Å². The number of aliphatic hydroxyl groups is 1. The van der Waals surface area contributed by atoms with E-state index in [-0.39, 0.29) is 18.1 Å². The maximum atomic E-state index is 12.3. The number of benzene rings is 1. The Morgan fingerprint density at radius 1 is 1.42 bits per heavy atom. The van der Waals surface area contributed by atoms with Crippen molar-refractivity contribution in [1.82, 2.24) is 10.3 Å². The minimum Gasteiger partial charge on any atom is -0.396 e. The second-order valence-corrected chi connectivity index (χ2v) is 5.12. The highest BCUT2D eigenvalue weighted by molar-refractivity contribution is 5.98. The molecule has 1 heterocycles. The van der Waals surface area contributed by atoms with Crippen molar-refractivity contribution in [3.8, 4) is 0 Å². The van der Waals surface area contributed by atoms with Crippen LogP contribution in [-0.2, 0) is 0 Å². The lowest BCUT2D eigenvalue weighted by Crippen LogP contribution is -2.46. The minimum atomic E-state index is -0.365. The summed E-state index contributed by atoms with van der Waals surface area (Å²) in [5.41, 5.74) is 1.22. The second-order valence-electron chi connectivity index (χ2n) is 5.12. The lowest BCUT2D eigenvalue weighted by Gasteiger charge is -2.29. The van der Waals surface area contributed by atoms with Crippen molar-refractivity contribution in [3.05, 3.63) is 36.0 Å². The third-order valence-electron chi connectivity index (χ3n) is 3.68. The van der Waals surface area contributed by atoms with Crippen molar-refractivity contribution in [1.29, 1.82) is 0 Å². The molecule has 0 fully saturated rings. The van der Waals surface area contributed by atoms with Crippen LogP contribution in [0.25, 0.3) is 10.9 Å². The van der Waals surface area contributed by atoms with Gasteiger partial charge in [0.15, 0.2) is 0 Å². The number of nitrogens with one attached hydrogen (secondary N) is 2. The third-order valence-corrected chi connectivity index (χ3v) is 3.68. The third kappa shape index (κ3) is 2.96. The van der Waals surface area contributed by atoms with Gasteiger partial charge >= 0.3 is 0 Å². The predicted octanol–water partition coefficient (Wildman–Crippen LogP) is 2.45. The minimum absolute atomic E-state index is 0.0697. The predicted molar refractivity (Wildman–Crippen MR) is 76.2 cm³/mol. The molecule has 4 nitrogen and oxygen atoms in total. The van der Waals surface area contributed by atoms with Gasteiger partial charge in [0.2, 0.25) is 0 Å². The van der Waals surface area contributed by atoms with Gasteiger partial charge < -0.3 is 15.4 Å². The first-order chi connectivity index (χ1) is 9.08. The molecule has 102 valence electrons. The zero-order chi connectivity index (χ0) is 13.9. The summed E-state index contributed by atoms with van der Waals surface area (Å²) in [4.78, 5) is 15.3. The zero-order valence-electron chi connectivity index (χ0n) is 11.4. The number of rotatable bonds is 5. The number of carbonyl (C=O) groups excluding carboxylic acids is 1. The molecular weight excluding hydrogens is 240 g/mol. The molecule has 0 unspecified atom stereocenters.